The normalized spacial score (nSPS) is 11.8. The van der Waals surface area contributed by atoms with Gasteiger partial charge in [-0.25, -0.2) is 4.98 Å². The van der Waals surface area contributed by atoms with Crippen LogP contribution in [0.25, 0.3) is 26.8 Å². The molecule has 0 atom stereocenters. The van der Waals surface area contributed by atoms with Gasteiger partial charge in [0.15, 0.2) is 5.13 Å². The van der Waals surface area contributed by atoms with Crippen LogP contribution in [-0.2, 0) is 4.79 Å². The highest BCUT2D eigenvalue weighted by Crippen LogP contribution is 2.35. The Balaban J connectivity index is 1.61. The van der Waals surface area contributed by atoms with E-state index in [1.165, 1.54) is 11.3 Å². The standard InChI is InChI=1S/C25H26N2O4S/c1-6-29-17-8-9-20-23(11-17)32-25(26-20)27-24(28)10-14(3)18-12-19-15(4)16(5)31-22(19)13-21(18)30-7-2/h8-13H,6-7H2,1-5H3,(H,26,27,28)/b14-10+. The molecule has 4 aromatic rings. The number of anilines is 1. The predicted octanol–water partition coefficient (Wildman–Crippen LogP) is 6.50. The molecule has 0 aliphatic rings. The number of aromatic nitrogens is 1. The number of nitrogens with zero attached hydrogens (tertiary/aromatic N) is 1. The molecule has 2 aromatic heterocycles. The van der Waals surface area contributed by atoms with Gasteiger partial charge in [-0.3, -0.25) is 10.1 Å². The van der Waals surface area contributed by atoms with Crippen LogP contribution in [0.1, 0.15) is 37.7 Å². The number of hydrogen-bond acceptors (Lipinski definition) is 6. The van der Waals surface area contributed by atoms with Crippen LogP contribution >= 0.6 is 11.3 Å². The molecule has 0 fully saturated rings. The zero-order valence-electron chi connectivity index (χ0n) is 18.9. The number of rotatable bonds is 7. The average molecular weight is 451 g/mol. The topological polar surface area (TPSA) is 73.6 Å². The van der Waals surface area contributed by atoms with E-state index in [1.54, 1.807) is 6.08 Å². The molecular weight excluding hydrogens is 424 g/mol. The molecule has 166 valence electrons. The van der Waals surface area contributed by atoms with Crippen LogP contribution in [-0.4, -0.2) is 24.1 Å². The summed E-state index contributed by atoms with van der Waals surface area (Å²) in [6, 6.07) is 9.63. The second-order valence-electron chi connectivity index (χ2n) is 7.46. The fourth-order valence-corrected chi connectivity index (χ4v) is 4.48. The summed E-state index contributed by atoms with van der Waals surface area (Å²) in [6.45, 7) is 10.9. The number of aryl methyl sites for hydroxylation is 2. The Morgan fingerprint density at radius 1 is 1.16 bits per heavy atom. The first-order valence-electron chi connectivity index (χ1n) is 10.6. The molecule has 7 heteroatoms. The largest absolute Gasteiger partial charge is 0.494 e. The molecule has 0 radical (unpaired) electrons. The maximum Gasteiger partial charge on any atom is 0.250 e. The van der Waals surface area contributed by atoms with Gasteiger partial charge in [0.25, 0.3) is 0 Å². The van der Waals surface area contributed by atoms with Crippen LogP contribution in [0.2, 0.25) is 0 Å². The molecule has 4 rings (SSSR count). The van der Waals surface area contributed by atoms with Crippen LogP contribution in [0.3, 0.4) is 0 Å². The number of allylic oxidation sites excluding steroid dienone is 1. The van der Waals surface area contributed by atoms with Crippen molar-refractivity contribution in [1.82, 2.24) is 4.98 Å². The predicted molar refractivity (Wildman–Crippen MR) is 130 cm³/mol. The number of ether oxygens (including phenoxy) is 2. The summed E-state index contributed by atoms with van der Waals surface area (Å²) >= 11 is 1.42. The molecule has 0 bridgehead atoms. The average Bonchev–Trinajstić information content (AvgIpc) is 3.26. The summed E-state index contributed by atoms with van der Waals surface area (Å²) in [4.78, 5) is 17.2. The molecule has 0 saturated heterocycles. The van der Waals surface area contributed by atoms with Crippen LogP contribution in [0.4, 0.5) is 5.13 Å². The first-order chi connectivity index (χ1) is 15.4. The zero-order valence-corrected chi connectivity index (χ0v) is 19.7. The van der Waals surface area contributed by atoms with Crippen molar-refractivity contribution in [3.63, 3.8) is 0 Å². The second-order valence-corrected chi connectivity index (χ2v) is 8.49. The summed E-state index contributed by atoms with van der Waals surface area (Å²) in [5.41, 5.74) is 4.35. The Kier molecular flexibility index (Phi) is 6.19. The highest BCUT2D eigenvalue weighted by Gasteiger charge is 2.15. The van der Waals surface area contributed by atoms with Gasteiger partial charge in [-0.05, 0) is 70.0 Å². The molecule has 0 spiro atoms. The summed E-state index contributed by atoms with van der Waals surface area (Å²) in [7, 11) is 0. The third-order valence-electron chi connectivity index (χ3n) is 5.25. The van der Waals surface area contributed by atoms with E-state index in [1.807, 2.05) is 65.0 Å². The van der Waals surface area contributed by atoms with Gasteiger partial charge in [-0.1, -0.05) is 11.3 Å². The first kappa shape index (κ1) is 21.9. The number of nitrogens with one attached hydrogen (secondary N) is 1. The van der Waals surface area contributed by atoms with Gasteiger partial charge in [0.2, 0.25) is 5.91 Å². The van der Waals surface area contributed by atoms with Crippen molar-refractivity contribution in [2.45, 2.75) is 34.6 Å². The molecule has 6 nitrogen and oxygen atoms in total. The van der Waals surface area contributed by atoms with E-state index in [2.05, 4.69) is 10.3 Å². The number of hydrogen-bond donors (Lipinski definition) is 1. The Hall–Kier alpha value is -3.32. The molecule has 1 amide bonds. The van der Waals surface area contributed by atoms with Gasteiger partial charge in [0, 0.05) is 23.1 Å². The lowest BCUT2D eigenvalue weighted by Gasteiger charge is -2.11. The van der Waals surface area contributed by atoms with E-state index in [-0.39, 0.29) is 5.91 Å². The molecule has 1 N–H and O–H groups in total. The SMILES string of the molecule is CCOc1ccc2nc(NC(=O)/C=C(\C)c3cc4c(C)c(C)oc4cc3OCC)sc2c1. The van der Waals surface area contributed by atoms with Crippen molar-refractivity contribution in [3.05, 3.63) is 53.3 Å². The van der Waals surface area contributed by atoms with Crippen molar-refractivity contribution >= 4 is 49.1 Å². The van der Waals surface area contributed by atoms with E-state index in [4.69, 9.17) is 13.9 Å². The first-order valence-corrected chi connectivity index (χ1v) is 11.4. The number of thiazole rings is 1. The highest BCUT2D eigenvalue weighted by molar-refractivity contribution is 7.22. The second kappa shape index (κ2) is 9.04. The lowest BCUT2D eigenvalue weighted by atomic mass is 10.0. The summed E-state index contributed by atoms with van der Waals surface area (Å²) < 4.78 is 18.2. The summed E-state index contributed by atoms with van der Waals surface area (Å²) in [5, 5.41) is 4.44. The Bertz CT molecular complexity index is 1330. The summed E-state index contributed by atoms with van der Waals surface area (Å²) in [6.07, 6.45) is 1.57. The van der Waals surface area contributed by atoms with Crippen molar-refractivity contribution < 1.29 is 18.7 Å². The minimum atomic E-state index is -0.241. The van der Waals surface area contributed by atoms with Gasteiger partial charge >= 0.3 is 0 Å². The van der Waals surface area contributed by atoms with Gasteiger partial charge in [-0.15, -0.1) is 0 Å². The number of fused-ring (bicyclic) bond motifs is 2. The molecule has 32 heavy (non-hydrogen) atoms. The Morgan fingerprint density at radius 3 is 2.69 bits per heavy atom. The van der Waals surface area contributed by atoms with E-state index in [0.29, 0.717) is 24.1 Å². The fraction of sp³-hybridized carbons (Fsp3) is 0.280. The van der Waals surface area contributed by atoms with Gasteiger partial charge in [0.1, 0.15) is 22.8 Å². The number of amides is 1. The monoisotopic (exact) mass is 450 g/mol. The van der Waals surface area contributed by atoms with E-state index < -0.39 is 0 Å². The highest BCUT2D eigenvalue weighted by atomic mass is 32.1. The number of carbonyl (C=O) groups excluding carboxylic acids is 1. The molecule has 0 unspecified atom stereocenters. The third kappa shape index (κ3) is 4.34. The van der Waals surface area contributed by atoms with Crippen molar-refractivity contribution in [2.75, 3.05) is 18.5 Å². The molecule has 2 aromatic carbocycles. The van der Waals surface area contributed by atoms with Crippen LogP contribution in [0.15, 0.2) is 40.8 Å². The maximum absolute atomic E-state index is 12.7. The van der Waals surface area contributed by atoms with E-state index >= 15 is 0 Å². The van der Waals surface area contributed by atoms with Gasteiger partial charge in [0.05, 0.1) is 23.4 Å². The maximum atomic E-state index is 12.7. The molecular formula is C25H26N2O4S. The smallest absolute Gasteiger partial charge is 0.250 e. The Morgan fingerprint density at radius 2 is 1.94 bits per heavy atom. The van der Waals surface area contributed by atoms with E-state index in [0.717, 1.165) is 49.4 Å². The van der Waals surface area contributed by atoms with Crippen LogP contribution < -0.4 is 14.8 Å². The van der Waals surface area contributed by atoms with Gasteiger partial charge in [-0.2, -0.15) is 0 Å². The quantitative estimate of drug-likeness (QED) is 0.325. The van der Waals surface area contributed by atoms with Crippen molar-refractivity contribution in [3.8, 4) is 11.5 Å². The third-order valence-corrected chi connectivity index (χ3v) is 6.18. The van der Waals surface area contributed by atoms with E-state index in [9.17, 15) is 4.79 Å². The van der Waals surface area contributed by atoms with Crippen LogP contribution in [0, 0.1) is 13.8 Å². The number of furan rings is 1. The lowest BCUT2D eigenvalue weighted by Crippen LogP contribution is -2.08. The minimum absolute atomic E-state index is 0.241. The molecule has 2 heterocycles. The number of carbonyl (C=O) groups is 1. The molecule has 0 saturated carbocycles. The molecule has 0 aliphatic heterocycles. The fourth-order valence-electron chi connectivity index (χ4n) is 3.58. The zero-order chi connectivity index (χ0) is 22.8. The lowest BCUT2D eigenvalue weighted by molar-refractivity contribution is -0.111. The Labute approximate surface area is 190 Å². The number of benzene rings is 2. The summed E-state index contributed by atoms with van der Waals surface area (Å²) in [5.74, 6) is 2.12. The van der Waals surface area contributed by atoms with Crippen molar-refractivity contribution in [2.24, 2.45) is 0 Å². The van der Waals surface area contributed by atoms with Gasteiger partial charge < -0.3 is 13.9 Å². The van der Waals surface area contributed by atoms with Crippen molar-refractivity contribution in [1.29, 1.82) is 0 Å². The minimum Gasteiger partial charge on any atom is -0.494 e. The van der Waals surface area contributed by atoms with Crippen LogP contribution in [0.5, 0.6) is 11.5 Å². The molecule has 0 aliphatic carbocycles.